The van der Waals surface area contributed by atoms with E-state index in [1.807, 2.05) is 24.3 Å². The van der Waals surface area contributed by atoms with Crippen LogP contribution in [0.3, 0.4) is 0 Å². The third-order valence-corrected chi connectivity index (χ3v) is 6.35. The van der Waals surface area contributed by atoms with Crippen molar-refractivity contribution in [2.75, 3.05) is 0 Å². The molecule has 1 aliphatic rings. The number of benzene rings is 1. The molecule has 0 radical (unpaired) electrons. The van der Waals surface area contributed by atoms with Gasteiger partial charge in [-0.05, 0) is 49.8 Å². The molecule has 4 rings (SSSR count). The largest absolute Gasteiger partial charge is 0.309 e. The average Bonchev–Trinajstić information content (AvgIpc) is 2.99. The number of fused-ring (bicyclic) bond motifs is 3. The molecule has 2 heterocycles. The minimum atomic E-state index is -0.00778. The van der Waals surface area contributed by atoms with Gasteiger partial charge in [-0.2, -0.15) is 0 Å². The molecular formula is C19H20ClN3OS. The maximum Gasteiger partial charge on any atom is 0.259 e. The molecule has 130 valence electrons. The lowest BCUT2D eigenvalue weighted by Crippen LogP contribution is -2.22. The average molecular weight is 374 g/mol. The first-order valence-corrected chi connectivity index (χ1v) is 9.84. The normalized spacial score (nSPS) is 15.3. The molecule has 2 aromatic heterocycles. The molecule has 0 saturated heterocycles. The molecule has 0 saturated carbocycles. The minimum absolute atomic E-state index is 0.00778. The number of nitrogens with one attached hydrogen (secondary N) is 2. The SMILES string of the molecule is C[C@H](NCc1nc2sc3c(c2c(=O)[nH]1)CCCC3)c1ccccc1Cl. The van der Waals surface area contributed by atoms with Crippen molar-refractivity contribution in [3.8, 4) is 0 Å². The Morgan fingerprint density at radius 3 is 2.96 bits per heavy atom. The zero-order valence-corrected chi connectivity index (χ0v) is 15.6. The molecule has 1 atom stereocenters. The lowest BCUT2D eigenvalue weighted by atomic mass is 9.97. The van der Waals surface area contributed by atoms with Gasteiger partial charge in [0.15, 0.2) is 0 Å². The fourth-order valence-electron chi connectivity index (χ4n) is 3.48. The summed E-state index contributed by atoms with van der Waals surface area (Å²) in [5.41, 5.74) is 2.26. The second-order valence-electron chi connectivity index (χ2n) is 6.53. The van der Waals surface area contributed by atoms with Crippen LogP contribution in [0.25, 0.3) is 10.2 Å². The Hall–Kier alpha value is -1.69. The van der Waals surface area contributed by atoms with E-state index in [4.69, 9.17) is 16.6 Å². The maximum atomic E-state index is 12.6. The van der Waals surface area contributed by atoms with E-state index in [1.54, 1.807) is 11.3 Å². The molecule has 1 aromatic carbocycles. The summed E-state index contributed by atoms with van der Waals surface area (Å²) < 4.78 is 0. The molecular weight excluding hydrogens is 354 g/mol. The zero-order valence-electron chi connectivity index (χ0n) is 14.1. The summed E-state index contributed by atoms with van der Waals surface area (Å²) >= 11 is 7.93. The molecule has 1 aliphatic carbocycles. The van der Waals surface area contributed by atoms with E-state index in [0.717, 1.165) is 40.1 Å². The van der Waals surface area contributed by atoms with Gasteiger partial charge in [-0.3, -0.25) is 4.79 Å². The molecule has 6 heteroatoms. The van der Waals surface area contributed by atoms with Crippen LogP contribution in [0.5, 0.6) is 0 Å². The predicted molar refractivity (Wildman–Crippen MR) is 104 cm³/mol. The molecule has 0 fully saturated rings. The third kappa shape index (κ3) is 3.24. The Morgan fingerprint density at radius 1 is 1.32 bits per heavy atom. The lowest BCUT2D eigenvalue weighted by molar-refractivity contribution is 0.560. The number of aromatic nitrogens is 2. The monoisotopic (exact) mass is 373 g/mol. The van der Waals surface area contributed by atoms with Crippen molar-refractivity contribution in [2.45, 2.75) is 45.2 Å². The lowest BCUT2D eigenvalue weighted by Gasteiger charge is -2.15. The molecule has 0 aliphatic heterocycles. The molecule has 0 bridgehead atoms. The summed E-state index contributed by atoms with van der Waals surface area (Å²) in [5, 5.41) is 4.95. The molecule has 0 amide bonds. The van der Waals surface area contributed by atoms with Crippen LogP contribution in [0.2, 0.25) is 5.02 Å². The highest BCUT2D eigenvalue weighted by Gasteiger charge is 2.20. The van der Waals surface area contributed by atoms with Crippen molar-refractivity contribution < 1.29 is 0 Å². The van der Waals surface area contributed by atoms with E-state index >= 15 is 0 Å². The highest BCUT2D eigenvalue weighted by atomic mass is 35.5. The van der Waals surface area contributed by atoms with E-state index in [9.17, 15) is 4.79 Å². The first kappa shape index (κ1) is 16.8. The van der Waals surface area contributed by atoms with Crippen LogP contribution >= 0.6 is 22.9 Å². The molecule has 2 N–H and O–H groups in total. The molecule has 3 aromatic rings. The maximum absolute atomic E-state index is 12.6. The van der Waals surface area contributed by atoms with Crippen LogP contribution in [0, 0.1) is 0 Å². The molecule has 0 unspecified atom stereocenters. The molecule has 25 heavy (non-hydrogen) atoms. The second kappa shape index (κ2) is 6.90. The van der Waals surface area contributed by atoms with Crippen LogP contribution in [0.1, 0.15) is 47.6 Å². The van der Waals surface area contributed by atoms with E-state index in [0.29, 0.717) is 12.4 Å². The van der Waals surface area contributed by atoms with Gasteiger partial charge in [0.2, 0.25) is 0 Å². The number of thiophene rings is 1. The topological polar surface area (TPSA) is 57.8 Å². The number of H-pyrrole nitrogens is 1. The predicted octanol–water partition coefficient (Wildman–Crippen LogP) is 4.37. The van der Waals surface area contributed by atoms with Crippen molar-refractivity contribution in [1.82, 2.24) is 15.3 Å². The summed E-state index contributed by atoms with van der Waals surface area (Å²) in [7, 11) is 0. The number of nitrogens with zero attached hydrogens (tertiary/aromatic N) is 1. The van der Waals surface area contributed by atoms with Gasteiger partial charge >= 0.3 is 0 Å². The number of halogens is 1. The Bertz CT molecular complexity index is 978. The Labute approximate surface area is 155 Å². The van der Waals surface area contributed by atoms with Crippen molar-refractivity contribution in [2.24, 2.45) is 0 Å². The van der Waals surface area contributed by atoms with Crippen LogP contribution in [0.15, 0.2) is 29.1 Å². The number of hydrogen-bond donors (Lipinski definition) is 2. The quantitative estimate of drug-likeness (QED) is 0.714. The number of aromatic amines is 1. The first-order chi connectivity index (χ1) is 12.1. The third-order valence-electron chi connectivity index (χ3n) is 4.82. The second-order valence-corrected chi connectivity index (χ2v) is 8.02. The van der Waals surface area contributed by atoms with Gasteiger partial charge < -0.3 is 10.3 Å². The van der Waals surface area contributed by atoms with Crippen molar-refractivity contribution in [3.05, 3.63) is 61.5 Å². The van der Waals surface area contributed by atoms with Crippen LogP contribution in [-0.2, 0) is 19.4 Å². The van der Waals surface area contributed by atoms with E-state index in [-0.39, 0.29) is 11.6 Å². The number of hydrogen-bond acceptors (Lipinski definition) is 4. The molecule has 4 nitrogen and oxygen atoms in total. The van der Waals surface area contributed by atoms with Gasteiger partial charge in [-0.25, -0.2) is 4.98 Å². The van der Waals surface area contributed by atoms with Gasteiger partial charge in [-0.1, -0.05) is 29.8 Å². The van der Waals surface area contributed by atoms with Crippen LogP contribution in [-0.4, -0.2) is 9.97 Å². The van der Waals surface area contributed by atoms with Crippen molar-refractivity contribution in [1.29, 1.82) is 0 Å². The summed E-state index contributed by atoms with van der Waals surface area (Å²) in [6.07, 6.45) is 4.45. The first-order valence-electron chi connectivity index (χ1n) is 8.64. The minimum Gasteiger partial charge on any atom is -0.309 e. The Morgan fingerprint density at radius 2 is 2.12 bits per heavy atom. The standard InChI is InChI=1S/C19H20ClN3OS/c1-11(12-6-2-4-8-14(12)20)21-10-16-22-18(24)17-13-7-3-5-9-15(13)25-19(17)23-16/h2,4,6,8,11,21H,3,5,7,9-10H2,1H3,(H,22,23,24)/t11-/m0/s1. The van der Waals surface area contributed by atoms with Gasteiger partial charge in [0.25, 0.3) is 5.56 Å². The molecule has 0 spiro atoms. The van der Waals surface area contributed by atoms with Crippen molar-refractivity contribution in [3.63, 3.8) is 0 Å². The number of aryl methyl sites for hydroxylation is 2. The van der Waals surface area contributed by atoms with Crippen LogP contribution < -0.4 is 10.9 Å². The van der Waals surface area contributed by atoms with E-state index < -0.39 is 0 Å². The number of rotatable bonds is 4. The summed E-state index contributed by atoms with van der Waals surface area (Å²) in [6, 6.07) is 7.86. The fraction of sp³-hybridized carbons (Fsp3) is 0.368. The summed E-state index contributed by atoms with van der Waals surface area (Å²) in [4.78, 5) is 22.4. The van der Waals surface area contributed by atoms with Crippen LogP contribution in [0.4, 0.5) is 0 Å². The Balaban J connectivity index is 1.58. The smallest absolute Gasteiger partial charge is 0.259 e. The zero-order chi connectivity index (χ0) is 17.4. The van der Waals surface area contributed by atoms with Gasteiger partial charge in [0.05, 0.1) is 11.9 Å². The van der Waals surface area contributed by atoms with Crippen molar-refractivity contribution >= 4 is 33.2 Å². The highest BCUT2D eigenvalue weighted by molar-refractivity contribution is 7.18. The highest BCUT2D eigenvalue weighted by Crippen LogP contribution is 2.33. The fourth-order valence-corrected chi connectivity index (χ4v) is 5.06. The van der Waals surface area contributed by atoms with E-state index in [1.165, 1.54) is 16.9 Å². The summed E-state index contributed by atoms with van der Waals surface area (Å²) in [5.74, 6) is 0.676. The Kier molecular flexibility index (Phi) is 4.63. The van der Waals surface area contributed by atoms with Gasteiger partial charge in [-0.15, -0.1) is 11.3 Å². The van der Waals surface area contributed by atoms with Gasteiger partial charge in [0, 0.05) is 15.9 Å². The summed E-state index contributed by atoms with van der Waals surface area (Å²) in [6.45, 7) is 2.56. The van der Waals surface area contributed by atoms with E-state index in [2.05, 4.69) is 17.2 Å². The van der Waals surface area contributed by atoms with Gasteiger partial charge in [0.1, 0.15) is 10.7 Å².